The van der Waals surface area contributed by atoms with E-state index in [9.17, 15) is 8.42 Å². The molecule has 0 atom stereocenters. The number of aryl methyl sites for hydroxylation is 1. The summed E-state index contributed by atoms with van der Waals surface area (Å²) in [7, 11) is 0.188. The second-order valence-electron chi connectivity index (χ2n) is 4.41. The maximum atomic E-state index is 12.2. The lowest BCUT2D eigenvalue weighted by atomic mass is 10.3. The molecule has 0 aliphatic carbocycles. The van der Waals surface area contributed by atoms with Crippen LogP contribution >= 0.6 is 0 Å². The molecule has 102 valence electrons. The fraction of sp³-hybridized carbons (Fsp3) is 0.250. The van der Waals surface area contributed by atoms with E-state index < -0.39 is 10.0 Å². The normalized spacial score (nSPS) is 11.3. The molecule has 0 amide bonds. The Labute approximate surface area is 112 Å². The van der Waals surface area contributed by atoms with E-state index in [0.29, 0.717) is 11.4 Å². The lowest BCUT2D eigenvalue weighted by Crippen LogP contribution is -2.14. The minimum atomic E-state index is -3.61. The number of hydrogen-bond acceptors (Lipinski definition) is 4. The van der Waals surface area contributed by atoms with Gasteiger partial charge in [-0.05, 0) is 25.1 Å². The molecule has 0 aliphatic rings. The summed E-state index contributed by atoms with van der Waals surface area (Å²) in [6.07, 6.45) is 1.30. The molecule has 0 saturated carbocycles. The van der Waals surface area contributed by atoms with Crippen LogP contribution in [0.1, 0.15) is 5.69 Å². The van der Waals surface area contributed by atoms with Crippen LogP contribution in [0.3, 0.4) is 0 Å². The van der Waals surface area contributed by atoms with Crippen LogP contribution in [0.15, 0.2) is 35.4 Å². The zero-order chi connectivity index (χ0) is 14.0. The van der Waals surface area contributed by atoms with Crippen molar-refractivity contribution in [1.82, 2.24) is 10.2 Å². The van der Waals surface area contributed by atoms with E-state index in [1.807, 2.05) is 25.1 Å². The summed E-state index contributed by atoms with van der Waals surface area (Å²) in [6, 6.07) is 7.18. The van der Waals surface area contributed by atoms with E-state index in [1.165, 1.54) is 6.20 Å². The Kier molecular flexibility index (Phi) is 3.48. The Hall–Kier alpha value is -2.02. The first-order valence-electron chi connectivity index (χ1n) is 5.70. The van der Waals surface area contributed by atoms with Gasteiger partial charge in [0.1, 0.15) is 4.90 Å². The van der Waals surface area contributed by atoms with Crippen molar-refractivity contribution in [3.63, 3.8) is 0 Å². The zero-order valence-electron chi connectivity index (χ0n) is 11.0. The number of aromatic nitrogens is 2. The maximum Gasteiger partial charge on any atom is 0.265 e. The number of nitrogens with one attached hydrogen (secondary N) is 2. The SMILES string of the molecule is Cc1[nH]ncc1S(=O)(=O)Nc1cccc(N(C)C)c1. The molecule has 0 aliphatic heterocycles. The van der Waals surface area contributed by atoms with Crippen LogP contribution in [0.4, 0.5) is 11.4 Å². The van der Waals surface area contributed by atoms with Crippen molar-refractivity contribution < 1.29 is 8.42 Å². The van der Waals surface area contributed by atoms with Crippen molar-refractivity contribution in [2.75, 3.05) is 23.7 Å². The van der Waals surface area contributed by atoms with Gasteiger partial charge in [0.05, 0.1) is 17.6 Å². The summed E-state index contributed by atoms with van der Waals surface area (Å²) < 4.78 is 26.9. The summed E-state index contributed by atoms with van der Waals surface area (Å²) >= 11 is 0. The number of sulfonamides is 1. The molecule has 0 radical (unpaired) electrons. The Morgan fingerprint density at radius 2 is 2.05 bits per heavy atom. The lowest BCUT2D eigenvalue weighted by Gasteiger charge is -2.14. The smallest absolute Gasteiger partial charge is 0.265 e. The molecule has 0 bridgehead atoms. The van der Waals surface area contributed by atoms with E-state index in [1.54, 1.807) is 25.1 Å². The first-order valence-corrected chi connectivity index (χ1v) is 7.18. The van der Waals surface area contributed by atoms with Crippen LogP contribution in [0, 0.1) is 6.92 Å². The Balaban J connectivity index is 2.31. The fourth-order valence-electron chi connectivity index (χ4n) is 1.67. The van der Waals surface area contributed by atoms with Gasteiger partial charge in [0.2, 0.25) is 0 Å². The second-order valence-corrected chi connectivity index (χ2v) is 6.06. The van der Waals surface area contributed by atoms with Crippen molar-refractivity contribution in [1.29, 1.82) is 0 Å². The van der Waals surface area contributed by atoms with Crippen molar-refractivity contribution in [3.8, 4) is 0 Å². The number of anilines is 2. The molecule has 2 aromatic rings. The van der Waals surface area contributed by atoms with E-state index in [4.69, 9.17) is 0 Å². The van der Waals surface area contributed by atoms with E-state index in [2.05, 4.69) is 14.9 Å². The molecule has 0 spiro atoms. The van der Waals surface area contributed by atoms with Crippen LogP contribution < -0.4 is 9.62 Å². The predicted octanol–water partition coefficient (Wildman–Crippen LogP) is 1.58. The van der Waals surface area contributed by atoms with Gasteiger partial charge >= 0.3 is 0 Å². The standard InChI is InChI=1S/C12H16N4O2S/c1-9-12(8-13-14-9)19(17,18)15-10-5-4-6-11(7-10)16(2)3/h4-8,15H,1-3H3,(H,13,14). The number of benzene rings is 1. The summed E-state index contributed by atoms with van der Waals surface area (Å²) in [5, 5.41) is 6.34. The number of hydrogen-bond donors (Lipinski definition) is 2. The molecular weight excluding hydrogens is 264 g/mol. The highest BCUT2D eigenvalue weighted by molar-refractivity contribution is 7.92. The van der Waals surface area contributed by atoms with Crippen LogP contribution in [0.5, 0.6) is 0 Å². The quantitative estimate of drug-likeness (QED) is 0.891. The van der Waals surface area contributed by atoms with Crippen molar-refractivity contribution in [3.05, 3.63) is 36.2 Å². The monoisotopic (exact) mass is 280 g/mol. The van der Waals surface area contributed by atoms with Crippen molar-refractivity contribution >= 4 is 21.4 Å². The summed E-state index contributed by atoms with van der Waals surface area (Å²) in [5.74, 6) is 0. The van der Waals surface area contributed by atoms with Gasteiger partial charge in [-0.1, -0.05) is 6.07 Å². The van der Waals surface area contributed by atoms with Crippen molar-refractivity contribution in [2.45, 2.75) is 11.8 Å². The molecule has 7 heteroatoms. The molecular formula is C12H16N4O2S. The fourth-order valence-corrected chi connectivity index (χ4v) is 2.86. The Morgan fingerprint density at radius 3 is 2.63 bits per heavy atom. The lowest BCUT2D eigenvalue weighted by molar-refractivity contribution is 0.600. The van der Waals surface area contributed by atoms with E-state index >= 15 is 0 Å². The van der Waals surface area contributed by atoms with Crippen LogP contribution in [0.2, 0.25) is 0 Å². The molecule has 2 N–H and O–H groups in total. The average molecular weight is 280 g/mol. The first kappa shape index (κ1) is 13.4. The molecule has 6 nitrogen and oxygen atoms in total. The largest absolute Gasteiger partial charge is 0.378 e. The number of aromatic amines is 1. The molecule has 1 heterocycles. The molecule has 19 heavy (non-hydrogen) atoms. The maximum absolute atomic E-state index is 12.2. The van der Waals surface area contributed by atoms with Crippen molar-refractivity contribution in [2.24, 2.45) is 0 Å². The minimum Gasteiger partial charge on any atom is -0.378 e. The third-order valence-electron chi connectivity index (χ3n) is 2.69. The van der Waals surface area contributed by atoms with E-state index in [-0.39, 0.29) is 4.90 Å². The van der Waals surface area contributed by atoms with Gasteiger partial charge in [-0.2, -0.15) is 5.10 Å². The van der Waals surface area contributed by atoms with Crippen LogP contribution in [-0.2, 0) is 10.0 Å². The topological polar surface area (TPSA) is 78.1 Å². The molecule has 1 aromatic heterocycles. The van der Waals surface area contributed by atoms with Gasteiger partial charge in [0.25, 0.3) is 10.0 Å². The number of H-pyrrole nitrogens is 1. The number of nitrogens with zero attached hydrogens (tertiary/aromatic N) is 2. The van der Waals surface area contributed by atoms with Crippen LogP contribution in [0.25, 0.3) is 0 Å². The van der Waals surface area contributed by atoms with Gasteiger partial charge in [-0.15, -0.1) is 0 Å². The highest BCUT2D eigenvalue weighted by Gasteiger charge is 2.18. The molecule has 2 rings (SSSR count). The van der Waals surface area contributed by atoms with Gasteiger partial charge in [0, 0.05) is 19.8 Å². The first-order chi connectivity index (χ1) is 8.90. The molecule has 0 fully saturated rings. The molecule has 0 saturated heterocycles. The highest BCUT2D eigenvalue weighted by Crippen LogP contribution is 2.21. The number of rotatable bonds is 4. The third-order valence-corrected chi connectivity index (χ3v) is 4.18. The summed E-state index contributed by atoms with van der Waals surface area (Å²) in [5.41, 5.74) is 1.95. The molecule has 1 aromatic carbocycles. The molecule has 0 unspecified atom stereocenters. The Morgan fingerprint density at radius 1 is 1.32 bits per heavy atom. The highest BCUT2D eigenvalue weighted by atomic mass is 32.2. The average Bonchev–Trinajstić information content (AvgIpc) is 2.76. The Bertz CT molecular complexity index is 677. The van der Waals surface area contributed by atoms with E-state index in [0.717, 1.165) is 5.69 Å². The third kappa shape index (κ3) is 2.87. The van der Waals surface area contributed by atoms with Gasteiger partial charge in [0.15, 0.2) is 0 Å². The zero-order valence-corrected chi connectivity index (χ0v) is 11.8. The summed E-state index contributed by atoms with van der Waals surface area (Å²) in [4.78, 5) is 2.06. The predicted molar refractivity (Wildman–Crippen MR) is 74.9 cm³/mol. The minimum absolute atomic E-state index is 0.155. The second kappa shape index (κ2) is 4.93. The van der Waals surface area contributed by atoms with Gasteiger partial charge in [-0.3, -0.25) is 9.82 Å². The summed E-state index contributed by atoms with van der Waals surface area (Å²) in [6.45, 7) is 1.66. The van der Waals surface area contributed by atoms with Crippen LogP contribution in [-0.4, -0.2) is 32.7 Å². The van der Waals surface area contributed by atoms with Gasteiger partial charge < -0.3 is 4.90 Å². The van der Waals surface area contributed by atoms with Gasteiger partial charge in [-0.25, -0.2) is 8.42 Å².